The molecule has 1 N–H and O–H groups in total. The zero-order valence-electron chi connectivity index (χ0n) is 15.7. The van der Waals surface area contributed by atoms with Crippen LogP contribution in [0.1, 0.15) is 22.7 Å². The van der Waals surface area contributed by atoms with Crippen LogP contribution in [0.4, 0.5) is 0 Å². The van der Waals surface area contributed by atoms with Gasteiger partial charge in [-0.1, -0.05) is 85.0 Å². The Hall–Kier alpha value is -2.69. The number of hydrogen-bond donors (Lipinski definition) is 1. The first-order valence-corrected chi connectivity index (χ1v) is 10.1. The Morgan fingerprint density at radius 3 is 1.75 bits per heavy atom. The van der Waals surface area contributed by atoms with Crippen molar-refractivity contribution in [1.82, 2.24) is 9.80 Å². The van der Waals surface area contributed by atoms with Gasteiger partial charge < -0.3 is 10.0 Å². The minimum atomic E-state index is 0.239. The largest absolute Gasteiger partial charge is 0.507 e. The molecular formula is C24H24N2OS. The second-order valence-corrected chi connectivity index (χ2v) is 7.46. The number of thiocarbonyl (C=S) groups is 1. The van der Waals surface area contributed by atoms with Crippen LogP contribution in [0.5, 0.6) is 5.75 Å². The molecule has 0 atom stereocenters. The van der Waals surface area contributed by atoms with E-state index in [-0.39, 0.29) is 11.8 Å². The molecule has 1 saturated heterocycles. The summed E-state index contributed by atoms with van der Waals surface area (Å²) in [7, 11) is 0. The van der Waals surface area contributed by atoms with Crippen molar-refractivity contribution in [3.63, 3.8) is 0 Å². The second kappa shape index (κ2) is 8.55. The van der Waals surface area contributed by atoms with Crippen LogP contribution >= 0.6 is 12.2 Å². The summed E-state index contributed by atoms with van der Waals surface area (Å²) in [5, 5.41) is 10.1. The van der Waals surface area contributed by atoms with Crippen molar-refractivity contribution in [3.05, 3.63) is 102 Å². The molecule has 1 aliphatic heterocycles. The lowest BCUT2D eigenvalue weighted by Crippen LogP contribution is -2.49. The summed E-state index contributed by atoms with van der Waals surface area (Å²) < 4.78 is 0. The van der Waals surface area contributed by atoms with Crippen molar-refractivity contribution in [2.75, 3.05) is 26.2 Å². The van der Waals surface area contributed by atoms with Crippen molar-refractivity contribution in [2.24, 2.45) is 0 Å². The van der Waals surface area contributed by atoms with Crippen molar-refractivity contribution in [1.29, 1.82) is 0 Å². The molecule has 3 nitrogen and oxygen atoms in total. The van der Waals surface area contributed by atoms with Crippen LogP contribution < -0.4 is 0 Å². The molecule has 0 aromatic heterocycles. The standard InChI is InChI=1S/C24H24N2OS/c27-22-14-8-7-13-21(22)24(28)26-17-15-25(16-18-26)23(19-9-3-1-4-10-19)20-11-5-2-6-12-20/h1-14,23,27H,15-18H2. The Labute approximate surface area is 171 Å². The third kappa shape index (κ3) is 3.93. The van der Waals surface area contributed by atoms with E-state index in [1.54, 1.807) is 6.07 Å². The molecule has 0 bridgehead atoms. The first kappa shape index (κ1) is 18.7. The zero-order chi connectivity index (χ0) is 19.3. The molecule has 28 heavy (non-hydrogen) atoms. The van der Waals surface area contributed by atoms with Gasteiger partial charge in [0.05, 0.1) is 11.6 Å². The lowest BCUT2D eigenvalue weighted by Gasteiger charge is -2.40. The first-order valence-electron chi connectivity index (χ1n) is 9.65. The number of aromatic hydroxyl groups is 1. The highest BCUT2D eigenvalue weighted by atomic mass is 32.1. The maximum absolute atomic E-state index is 10.1. The van der Waals surface area contributed by atoms with E-state index in [9.17, 15) is 5.11 Å². The molecule has 1 heterocycles. The molecular weight excluding hydrogens is 364 g/mol. The SMILES string of the molecule is Oc1ccccc1C(=S)N1CCN(C(c2ccccc2)c2ccccc2)CC1. The molecule has 0 amide bonds. The number of piperazine rings is 1. The number of rotatable bonds is 4. The van der Waals surface area contributed by atoms with E-state index in [1.807, 2.05) is 18.2 Å². The van der Waals surface area contributed by atoms with E-state index in [0.717, 1.165) is 36.7 Å². The normalized spacial score (nSPS) is 15.0. The van der Waals surface area contributed by atoms with Crippen LogP contribution in [0.3, 0.4) is 0 Å². The van der Waals surface area contributed by atoms with Gasteiger partial charge in [-0.2, -0.15) is 0 Å². The fraction of sp³-hybridized carbons (Fsp3) is 0.208. The van der Waals surface area contributed by atoms with Gasteiger partial charge in [-0.3, -0.25) is 4.90 Å². The molecule has 0 spiro atoms. The van der Waals surface area contributed by atoms with Crippen molar-refractivity contribution in [3.8, 4) is 5.75 Å². The van der Waals surface area contributed by atoms with Crippen molar-refractivity contribution < 1.29 is 5.11 Å². The fourth-order valence-corrected chi connectivity index (χ4v) is 4.25. The van der Waals surface area contributed by atoms with Gasteiger partial charge >= 0.3 is 0 Å². The van der Waals surface area contributed by atoms with Crippen molar-refractivity contribution in [2.45, 2.75) is 6.04 Å². The lowest BCUT2D eigenvalue weighted by molar-refractivity contribution is 0.152. The Morgan fingerprint density at radius 2 is 1.21 bits per heavy atom. The van der Waals surface area contributed by atoms with Gasteiger partial charge in [0.2, 0.25) is 0 Å². The van der Waals surface area contributed by atoms with E-state index in [4.69, 9.17) is 12.2 Å². The second-order valence-electron chi connectivity index (χ2n) is 7.07. The van der Waals surface area contributed by atoms with Crippen LogP contribution in [0.2, 0.25) is 0 Å². The van der Waals surface area contributed by atoms with Gasteiger partial charge in [0.1, 0.15) is 10.7 Å². The topological polar surface area (TPSA) is 26.7 Å². The van der Waals surface area contributed by atoms with E-state index < -0.39 is 0 Å². The highest BCUT2D eigenvalue weighted by Crippen LogP contribution is 2.30. The van der Waals surface area contributed by atoms with E-state index in [1.165, 1.54) is 11.1 Å². The number of nitrogens with zero attached hydrogens (tertiary/aromatic N) is 2. The highest BCUT2D eigenvalue weighted by Gasteiger charge is 2.27. The molecule has 0 radical (unpaired) electrons. The molecule has 4 rings (SSSR count). The van der Waals surface area contributed by atoms with Gasteiger partial charge in [0, 0.05) is 26.2 Å². The number of phenols is 1. The molecule has 0 saturated carbocycles. The van der Waals surface area contributed by atoms with Crippen LogP contribution in [0, 0.1) is 0 Å². The maximum Gasteiger partial charge on any atom is 0.125 e. The highest BCUT2D eigenvalue weighted by molar-refractivity contribution is 7.80. The van der Waals surface area contributed by atoms with Gasteiger partial charge in [-0.05, 0) is 23.3 Å². The Morgan fingerprint density at radius 1 is 0.714 bits per heavy atom. The predicted octanol–water partition coefficient (Wildman–Crippen LogP) is 4.47. The summed E-state index contributed by atoms with van der Waals surface area (Å²) >= 11 is 5.67. The summed E-state index contributed by atoms with van der Waals surface area (Å²) in [4.78, 5) is 5.46. The Bertz CT molecular complexity index is 882. The van der Waals surface area contributed by atoms with Gasteiger partial charge in [0.15, 0.2) is 0 Å². The number of para-hydroxylation sites is 1. The molecule has 0 aliphatic carbocycles. The van der Waals surface area contributed by atoms with Crippen LogP contribution in [-0.2, 0) is 0 Å². The molecule has 1 aliphatic rings. The number of phenolic OH excluding ortho intramolecular Hbond substituents is 1. The molecule has 4 heteroatoms. The van der Waals surface area contributed by atoms with Crippen LogP contribution in [0.25, 0.3) is 0 Å². The molecule has 0 unspecified atom stereocenters. The average Bonchev–Trinajstić information content (AvgIpc) is 2.76. The minimum Gasteiger partial charge on any atom is -0.507 e. The molecule has 1 fully saturated rings. The van der Waals surface area contributed by atoms with E-state index in [0.29, 0.717) is 0 Å². The van der Waals surface area contributed by atoms with Crippen LogP contribution in [-0.4, -0.2) is 46.1 Å². The summed E-state index contributed by atoms with van der Waals surface area (Å²) in [6, 6.07) is 28.9. The van der Waals surface area contributed by atoms with Gasteiger partial charge in [0.25, 0.3) is 0 Å². The number of hydrogen-bond acceptors (Lipinski definition) is 3. The predicted molar refractivity (Wildman–Crippen MR) is 118 cm³/mol. The quantitative estimate of drug-likeness (QED) is 0.667. The summed E-state index contributed by atoms with van der Waals surface area (Å²) in [6.07, 6.45) is 0. The van der Waals surface area contributed by atoms with Crippen molar-refractivity contribution >= 4 is 17.2 Å². The zero-order valence-corrected chi connectivity index (χ0v) is 16.6. The van der Waals surface area contributed by atoms with E-state index in [2.05, 4.69) is 70.5 Å². The third-order valence-electron chi connectivity index (χ3n) is 5.33. The van der Waals surface area contributed by atoms with Gasteiger partial charge in [-0.15, -0.1) is 0 Å². The summed E-state index contributed by atoms with van der Waals surface area (Å²) in [6.45, 7) is 3.54. The summed E-state index contributed by atoms with van der Waals surface area (Å²) in [5.41, 5.74) is 3.37. The third-order valence-corrected chi connectivity index (χ3v) is 5.81. The molecule has 3 aromatic rings. The van der Waals surface area contributed by atoms with Gasteiger partial charge in [-0.25, -0.2) is 0 Å². The first-order chi connectivity index (χ1) is 13.7. The Balaban J connectivity index is 1.52. The number of benzene rings is 3. The minimum absolute atomic E-state index is 0.239. The molecule has 3 aromatic carbocycles. The lowest BCUT2D eigenvalue weighted by atomic mass is 9.96. The Kier molecular flexibility index (Phi) is 5.70. The smallest absolute Gasteiger partial charge is 0.125 e. The monoisotopic (exact) mass is 388 g/mol. The molecule has 142 valence electrons. The summed E-state index contributed by atoms with van der Waals surface area (Å²) in [5.74, 6) is 0.251. The van der Waals surface area contributed by atoms with Crippen LogP contribution in [0.15, 0.2) is 84.9 Å². The fourth-order valence-electron chi connectivity index (χ4n) is 3.89. The maximum atomic E-state index is 10.1. The average molecular weight is 389 g/mol. The van der Waals surface area contributed by atoms with E-state index >= 15 is 0 Å².